The second-order valence-corrected chi connectivity index (χ2v) is 7.30. The summed E-state index contributed by atoms with van der Waals surface area (Å²) in [5.74, 6) is -0.0310. The van der Waals surface area contributed by atoms with Crippen LogP contribution in [0.4, 0.5) is 0 Å². The van der Waals surface area contributed by atoms with Gasteiger partial charge in [0.1, 0.15) is 5.75 Å². The zero-order chi connectivity index (χ0) is 19.6. The summed E-state index contributed by atoms with van der Waals surface area (Å²) in [6.45, 7) is 8.12. The molecule has 0 bridgehead atoms. The second kappa shape index (κ2) is 7.66. The first-order valence-electron chi connectivity index (χ1n) is 9.14. The van der Waals surface area contributed by atoms with Crippen LogP contribution in [0.3, 0.4) is 0 Å². The Morgan fingerprint density at radius 3 is 2.59 bits per heavy atom. The molecule has 0 spiro atoms. The number of hydrogen-bond acceptors (Lipinski definition) is 3. The van der Waals surface area contributed by atoms with Gasteiger partial charge < -0.3 is 10.1 Å². The molecule has 2 aromatic carbocycles. The number of hydrazone groups is 1. The lowest BCUT2D eigenvalue weighted by atomic mass is 9.92. The number of H-pyrrole nitrogens is 1. The lowest BCUT2D eigenvalue weighted by molar-refractivity contribution is 0.0952. The second-order valence-electron chi connectivity index (χ2n) is 7.30. The van der Waals surface area contributed by atoms with Gasteiger partial charge in [-0.05, 0) is 35.1 Å². The average molecular weight is 363 g/mol. The summed E-state index contributed by atoms with van der Waals surface area (Å²) in [6.07, 6.45) is 3.44. The number of nitrogens with one attached hydrogen (secondary N) is 2. The number of carbonyl (C=O) groups excluding carboxylic acids is 1. The van der Waals surface area contributed by atoms with Gasteiger partial charge in [-0.2, -0.15) is 5.10 Å². The number of rotatable bonds is 5. The quantitative estimate of drug-likeness (QED) is 0.446. The van der Waals surface area contributed by atoms with Crippen LogP contribution in [0.1, 0.15) is 66.6 Å². The number of fused-ring (bicyclic) bond motifs is 1. The van der Waals surface area contributed by atoms with Crippen LogP contribution in [0.15, 0.2) is 47.7 Å². The van der Waals surface area contributed by atoms with Gasteiger partial charge in [0, 0.05) is 22.7 Å². The molecule has 0 fully saturated rings. The molecule has 27 heavy (non-hydrogen) atoms. The zero-order valence-corrected chi connectivity index (χ0v) is 16.1. The van der Waals surface area contributed by atoms with E-state index in [2.05, 4.69) is 29.4 Å². The van der Waals surface area contributed by atoms with Crippen molar-refractivity contribution in [3.8, 4) is 5.75 Å². The molecule has 0 aliphatic rings. The highest BCUT2D eigenvalue weighted by Crippen LogP contribution is 2.33. The number of para-hydroxylation sites is 1. The lowest BCUT2D eigenvalue weighted by Crippen LogP contribution is -2.18. The Morgan fingerprint density at radius 1 is 1.15 bits per heavy atom. The number of nitrogens with zero attached hydrogens (tertiary/aromatic N) is 1. The van der Waals surface area contributed by atoms with Crippen molar-refractivity contribution in [3.63, 3.8) is 0 Å². The van der Waals surface area contributed by atoms with Gasteiger partial charge in [0.2, 0.25) is 0 Å². The Labute approximate surface area is 159 Å². The first-order chi connectivity index (χ1) is 12.9. The summed E-state index contributed by atoms with van der Waals surface area (Å²) < 4.78 is 0. The van der Waals surface area contributed by atoms with E-state index < -0.39 is 5.91 Å². The Balaban J connectivity index is 1.85. The predicted octanol–water partition coefficient (Wildman–Crippen LogP) is 4.88. The molecule has 0 atom stereocenters. The van der Waals surface area contributed by atoms with Crippen LogP contribution in [0, 0.1) is 0 Å². The van der Waals surface area contributed by atoms with Crippen molar-refractivity contribution in [3.05, 3.63) is 64.8 Å². The Morgan fingerprint density at radius 2 is 1.89 bits per heavy atom. The molecule has 5 heteroatoms. The Bertz CT molecular complexity index is 1000. The third-order valence-corrected chi connectivity index (χ3v) is 4.69. The number of aromatic nitrogens is 1. The van der Waals surface area contributed by atoms with Gasteiger partial charge >= 0.3 is 0 Å². The summed E-state index contributed by atoms with van der Waals surface area (Å²) in [5.41, 5.74) is 6.46. The molecule has 0 aliphatic carbocycles. The van der Waals surface area contributed by atoms with Crippen LogP contribution < -0.4 is 5.43 Å². The van der Waals surface area contributed by atoms with E-state index in [1.54, 1.807) is 12.3 Å². The fourth-order valence-corrected chi connectivity index (χ4v) is 3.05. The van der Waals surface area contributed by atoms with Gasteiger partial charge in [0.15, 0.2) is 0 Å². The maximum atomic E-state index is 12.6. The molecule has 5 nitrogen and oxygen atoms in total. The minimum absolute atomic E-state index is 0.0224. The molecule has 3 aromatic rings. The van der Waals surface area contributed by atoms with E-state index in [9.17, 15) is 9.90 Å². The van der Waals surface area contributed by atoms with Crippen LogP contribution in [-0.2, 0) is 0 Å². The van der Waals surface area contributed by atoms with E-state index in [1.165, 1.54) is 0 Å². The number of aromatic hydroxyl groups is 1. The SMILES string of the molecule is CC(C)c1cc(C(=O)N/N=C\c2c[nH]c3ccccc23)c(O)c(C(C)C)c1. The van der Waals surface area contributed by atoms with E-state index in [-0.39, 0.29) is 23.1 Å². The maximum Gasteiger partial charge on any atom is 0.275 e. The van der Waals surface area contributed by atoms with Crippen LogP contribution in [-0.4, -0.2) is 22.2 Å². The van der Waals surface area contributed by atoms with Gasteiger partial charge in [-0.15, -0.1) is 0 Å². The highest BCUT2D eigenvalue weighted by atomic mass is 16.3. The molecule has 3 N–H and O–H groups in total. The monoisotopic (exact) mass is 363 g/mol. The Kier molecular flexibility index (Phi) is 5.31. The minimum Gasteiger partial charge on any atom is -0.507 e. The van der Waals surface area contributed by atoms with Crippen molar-refractivity contribution in [2.45, 2.75) is 39.5 Å². The summed E-state index contributed by atoms with van der Waals surface area (Å²) >= 11 is 0. The van der Waals surface area contributed by atoms with E-state index in [1.807, 2.05) is 50.4 Å². The minimum atomic E-state index is -0.423. The number of phenols is 1. The van der Waals surface area contributed by atoms with Gasteiger partial charge in [-0.25, -0.2) is 5.43 Å². The lowest BCUT2D eigenvalue weighted by Gasteiger charge is -2.16. The predicted molar refractivity (Wildman–Crippen MR) is 110 cm³/mol. The number of aromatic amines is 1. The molecular formula is C22H25N3O2. The van der Waals surface area contributed by atoms with Crippen molar-refractivity contribution in [1.82, 2.24) is 10.4 Å². The van der Waals surface area contributed by atoms with Crippen molar-refractivity contribution in [2.24, 2.45) is 5.10 Å². The molecule has 1 amide bonds. The summed E-state index contributed by atoms with van der Waals surface area (Å²) in [7, 11) is 0. The van der Waals surface area contributed by atoms with Crippen molar-refractivity contribution in [1.29, 1.82) is 0 Å². The Hall–Kier alpha value is -3.08. The number of carbonyl (C=O) groups is 1. The number of amides is 1. The number of phenolic OH excluding ortho intramolecular Hbond substituents is 1. The molecule has 0 unspecified atom stereocenters. The fourth-order valence-electron chi connectivity index (χ4n) is 3.05. The molecule has 0 aliphatic heterocycles. The molecule has 0 radical (unpaired) electrons. The first kappa shape index (κ1) is 18.7. The zero-order valence-electron chi connectivity index (χ0n) is 16.1. The smallest absolute Gasteiger partial charge is 0.275 e. The van der Waals surface area contributed by atoms with E-state index >= 15 is 0 Å². The molecule has 0 saturated carbocycles. The topological polar surface area (TPSA) is 77.5 Å². The van der Waals surface area contributed by atoms with Crippen LogP contribution >= 0.6 is 0 Å². The first-order valence-corrected chi connectivity index (χ1v) is 9.14. The largest absolute Gasteiger partial charge is 0.507 e. The highest BCUT2D eigenvalue weighted by Gasteiger charge is 2.19. The van der Waals surface area contributed by atoms with Crippen LogP contribution in [0.25, 0.3) is 10.9 Å². The maximum absolute atomic E-state index is 12.6. The summed E-state index contributed by atoms with van der Waals surface area (Å²) in [5, 5.41) is 15.6. The van der Waals surface area contributed by atoms with E-state index in [0.29, 0.717) is 0 Å². The van der Waals surface area contributed by atoms with Crippen molar-refractivity contribution < 1.29 is 9.90 Å². The highest BCUT2D eigenvalue weighted by molar-refractivity contribution is 6.01. The van der Waals surface area contributed by atoms with Gasteiger partial charge in [0.05, 0.1) is 11.8 Å². The fraction of sp³-hybridized carbons (Fsp3) is 0.273. The molecule has 140 valence electrons. The molecule has 1 heterocycles. The van der Waals surface area contributed by atoms with Crippen LogP contribution in [0.2, 0.25) is 0 Å². The third kappa shape index (κ3) is 3.87. The summed E-state index contributed by atoms with van der Waals surface area (Å²) in [6, 6.07) is 11.6. The van der Waals surface area contributed by atoms with Crippen molar-refractivity contribution >= 4 is 23.0 Å². The van der Waals surface area contributed by atoms with Gasteiger partial charge in [0.25, 0.3) is 5.91 Å². The standard InChI is InChI=1S/C22H25N3O2/c1-13(2)15-9-18(14(3)4)21(26)19(10-15)22(27)25-24-12-16-11-23-20-8-6-5-7-17(16)20/h5-14,23,26H,1-4H3,(H,25,27)/b24-12-. The van der Waals surface area contributed by atoms with Gasteiger partial charge in [-0.1, -0.05) is 52.0 Å². The van der Waals surface area contributed by atoms with Crippen molar-refractivity contribution in [2.75, 3.05) is 0 Å². The third-order valence-electron chi connectivity index (χ3n) is 4.69. The van der Waals surface area contributed by atoms with E-state index in [0.717, 1.165) is 27.6 Å². The normalized spacial score (nSPS) is 11.8. The molecule has 0 saturated heterocycles. The van der Waals surface area contributed by atoms with E-state index in [4.69, 9.17) is 0 Å². The van der Waals surface area contributed by atoms with Gasteiger partial charge in [-0.3, -0.25) is 4.79 Å². The summed E-state index contributed by atoms with van der Waals surface area (Å²) in [4.78, 5) is 15.8. The molecule has 3 rings (SSSR count). The van der Waals surface area contributed by atoms with Crippen LogP contribution in [0.5, 0.6) is 5.75 Å². The molecular weight excluding hydrogens is 338 g/mol. The number of hydrogen-bond donors (Lipinski definition) is 3. The molecule has 1 aromatic heterocycles. The average Bonchev–Trinajstić information content (AvgIpc) is 3.04. The number of benzene rings is 2.